The molecule has 0 rings (SSSR count). The van der Waals surface area contributed by atoms with Crippen LogP contribution in [-0.2, 0) is 9.47 Å². The smallest absolute Gasteiger partial charge is 0.409 e. The third-order valence-corrected chi connectivity index (χ3v) is 0.685. The molecule has 0 bridgehead atoms. The van der Waals surface area contributed by atoms with E-state index >= 15 is 0 Å². The highest BCUT2D eigenvalue weighted by atomic mass is 16.6. The van der Waals surface area contributed by atoms with Crippen LogP contribution in [0.4, 0.5) is 4.79 Å². The number of methoxy groups -OCH3 is 1. The SMILES string of the molecule is COCNC(=O)OCCO. The molecule has 0 radical (unpaired) electrons. The minimum Gasteiger partial charge on any atom is -0.447 e. The van der Waals surface area contributed by atoms with Gasteiger partial charge in [-0.15, -0.1) is 0 Å². The van der Waals surface area contributed by atoms with E-state index in [2.05, 4.69) is 14.8 Å². The van der Waals surface area contributed by atoms with E-state index in [1.54, 1.807) is 0 Å². The van der Waals surface area contributed by atoms with E-state index in [0.29, 0.717) is 0 Å². The Labute approximate surface area is 58.9 Å². The molecule has 0 aliphatic rings. The molecule has 0 spiro atoms. The summed E-state index contributed by atoms with van der Waals surface area (Å²) < 4.78 is 8.93. The first-order valence-corrected chi connectivity index (χ1v) is 2.81. The van der Waals surface area contributed by atoms with Gasteiger partial charge in [0, 0.05) is 7.11 Å². The second kappa shape index (κ2) is 6.31. The lowest BCUT2D eigenvalue weighted by molar-refractivity contribution is 0.102. The fourth-order valence-electron chi connectivity index (χ4n) is 0.320. The highest BCUT2D eigenvalue weighted by Crippen LogP contribution is 1.74. The number of hydrogen-bond acceptors (Lipinski definition) is 4. The third kappa shape index (κ3) is 5.33. The molecule has 1 amide bonds. The zero-order chi connectivity index (χ0) is 7.82. The van der Waals surface area contributed by atoms with Crippen molar-refractivity contribution in [1.29, 1.82) is 0 Å². The lowest BCUT2D eigenvalue weighted by Gasteiger charge is -2.02. The number of ether oxygens (including phenoxy) is 2. The number of carbonyl (C=O) groups is 1. The Kier molecular flexibility index (Phi) is 5.80. The first kappa shape index (κ1) is 9.19. The van der Waals surface area contributed by atoms with Crippen molar-refractivity contribution >= 4 is 6.09 Å². The van der Waals surface area contributed by atoms with Gasteiger partial charge in [0.05, 0.1) is 6.61 Å². The molecule has 0 saturated heterocycles. The van der Waals surface area contributed by atoms with Crippen LogP contribution in [-0.4, -0.2) is 38.3 Å². The van der Waals surface area contributed by atoms with Crippen molar-refractivity contribution in [3.63, 3.8) is 0 Å². The van der Waals surface area contributed by atoms with Gasteiger partial charge in [-0.3, -0.25) is 5.32 Å². The molecule has 5 heteroatoms. The summed E-state index contributed by atoms with van der Waals surface area (Å²) in [7, 11) is 1.45. The standard InChI is InChI=1S/C5H11NO4/c1-9-4-6-5(8)10-3-2-7/h7H,2-4H2,1H3,(H,6,8). The highest BCUT2D eigenvalue weighted by Gasteiger charge is 1.97. The number of aliphatic hydroxyl groups is 1. The molecule has 0 unspecified atom stereocenters. The van der Waals surface area contributed by atoms with Crippen LogP contribution < -0.4 is 5.32 Å². The van der Waals surface area contributed by atoms with Crippen LogP contribution in [0.5, 0.6) is 0 Å². The molecule has 0 aromatic rings. The Morgan fingerprint density at radius 2 is 2.40 bits per heavy atom. The molecule has 60 valence electrons. The maximum absolute atomic E-state index is 10.4. The molecular formula is C5H11NO4. The molecule has 0 saturated carbocycles. The Bertz CT molecular complexity index is 85.6. The fourth-order valence-corrected chi connectivity index (χ4v) is 0.320. The van der Waals surface area contributed by atoms with E-state index in [1.165, 1.54) is 7.11 Å². The molecule has 0 aromatic heterocycles. The summed E-state index contributed by atoms with van der Waals surface area (Å²) >= 11 is 0. The molecule has 0 heterocycles. The molecule has 0 fully saturated rings. The summed E-state index contributed by atoms with van der Waals surface area (Å²) in [5, 5.41) is 10.5. The van der Waals surface area contributed by atoms with Crippen LogP contribution in [0.15, 0.2) is 0 Å². The van der Waals surface area contributed by atoms with Crippen molar-refractivity contribution in [2.24, 2.45) is 0 Å². The van der Waals surface area contributed by atoms with Gasteiger partial charge in [-0.05, 0) is 0 Å². The molecule has 0 aliphatic carbocycles. The number of hydrogen-bond donors (Lipinski definition) is 2. The van der Waals surface area contributed by atoms with Crippen molar-refractivity contribution in [2.75, 3.05) is 27.1 Å². The van der Waals surface area contributed by atoms with E-state index < -0.39 is 6.09 Å². The van der Waals surface area contributed by atoms with E-state index in [1.807, 2.05) is 0 Å². The van der Waals surface area contributed by atoms with Crippen LogP contribution in [0.2, 0.25) is 0 Å². The van der Waals surface area contributed by atoms with Crippen LogP contribution in [0, 0.1) is 0 Å². The van der Waals surface area contributed by atoms with E-state index in [-0.39, 0.29) is 19.9 Å². The number of aliphatic hydroxyl groups excluding tert-OH is 1. The van der Waals surface area contributed by atoms with E-state index in [0.717, 1.165) is 0 Å². The third-order valence-electron chi connectivity index (χ3n) is 0.685. The Hall–Kier alpha value is -0.810. The van der Waals surface area contributed by atoms with E-state index in [9.17, 15) is 4.79 Å². The average Bonchev–Trinajstić information content (AvgIpc) is 1.97. The predicted molar refractivity (Wildman–Crippen MR) is 33.4 cm³/mol. The van der Waals surface area contributed by atoms with Gasteiger partial charge in [0.1, 0.15) is 13.3 Å². The molecule has 5 nitrogen and oxygen atoms in total. The van der Waals surface area contributed by atoms with Crippen molar-refractivity contribution in [2.45, 2.75) is 0 Å². The maximum atomic E-state index is 10.4. The van der Waals surface area contributed by atoms with Gasteiger partial charge in [-0.25, -0.2) is 4.79 Å². The molecule has 0 atom stereocenters. The molecule has 0 aliphatic heterocycles. The van der Waals surface area contributed by atoms with Crippen molar-refractivity contribution < 1.29 is 19.4 Å². The molecule has 2 N–H and O–H groups in total. The van der Waals surface area contributed by atoms with E-state index in [4.69, 9.17) is 5.11 Å². The second-order valence-corrected chi connectivity index (χ2v) is 1.47. The largest absolute Gasteiger partial charge is 0.447 e. The van der Waals surface area contributed by atoms with Crippen molar-refractivity contribution in [3.8, 4) is 0 Å². The first-order chi connectivity index (χ1) is 4.81. The zero-order valence-electron chi connectivity index (χ0n) is 5.79. The van der Waals surface area contributed by atoms with Gasteiger partial charge in [0.25, 0.3) is 0 Å². The predicted octanol–water partition coefficient (Wildman–Crippen LogP) is -0.691. The van der Waals surface area contributed by atoms with Crippen LogP contribution in [0.3, 0.4) is 0 Å². The second-order valence-electron chi connectivity index (χ2n) is 1.47. The number of nitrogens with one attached hydrogen (secondary N) is 1. The lowest BCUT2D eigenvalue weighted by atomic mass is 10.8. The fraction of sp³-hybridized carbons (Fsp3) is 0.800. The summed E-state index contributed by atoms with van der Waals surface area (Å²) in [6.45, 7) is -0.0415. The number of rotatable bonds is 4. The zero-order valence-corrected chi connectivity index (χ0v) is 5.79. The van der Waals surface area contributed by atoms with Gasteiger partial charge in [0.15, 0.2) is 0 Å². The Morgan fingerprint density at radius 3 is 2.90 bits per heavy atom. The summed E-state index contributed by atoms with van der Waals surface area (Å²) in [5.41, 5.74) is 0. The van der Waals surface area contributed by atoms with Gasteiger partial charge in [0.2, 0.25) is 0 Å². The monoisotopic (exact) mass is 149 g/mol. The van der Waals surface area contributed by atoms with Crippen LogP contribution in [0.25, 0.3) is 0 Å². The topological polar surface area (TPSA) is 67.8 Å². The number of amides is 1. The number of alkyl carbamates (subject to hydrolysis) is 1. The van der Waals surface area contributed by atoms with Gasteiger partial charge in [-0.2, -0.15) is 0 Å². The summed E-state index contributed by atoms with van der Waals surface area (Å²) in [5.74, 6) is 0. The number of carbonyl (C=O) groups excluding carboxylic acids is 1. The Balaban J connectivity index is 3.09. The molecular weight excluding hydrogens is 138 g/mol. The van der Waals surface area contributed by atoms with Crippen LogP contribution in [0.1, 0.15) is 0 Å². The summed E-state index contributed by atoms with van der Waals surface area (Å²) in [6.07, 6.45) is -0.587. The van der Waals surface area contributed by atoms with Crippen LogP contribution >= 0.6 is 0 Å². The van der Waals surface area contributed by atoms with Gasteiger partial charge < -0.3 is 14.6 Å². The van der Waals surface area contributed by atoms with Gasteiger partial charge >= 0.3 is 6.09 Å². The Morgan fingerprint density at radius 1 is 1.70 bits per heavy atom. The summed E-state index contributed by atoms with van der Waals surface area (Å²) in [6, 6.07) is 0. The van der Waals surface area contributed by atoms with Crippen molar-refractivity contribution in [3.05, 3.63) is 0 Å². The maximum Gasteiger partial charge on any atom is 0.409 e. The minimum atomic E-state index is -0.587. The van der Waals surface area contributed by atoms with Gasteiger partial charge in [-0.1, -0.05) is 0 Å². The van der Waals surface area contributed by atoms with Crippen molar-refractivity contribution in [1.82, 2.24) is 5.32 Å². The minimum absolute atomic E-state index is 0.00947. The average molecular weight is 149 g/mol. The molecule has 10 heavy (non-hydrogen) atoms. The quantitative estimate of drug-likeness (QED) is 0.519. The molecule has 0 aromatic carbocycles. The highest BCUT2D eigenvalue weighted by molar-refractivity contribution is 5.66. The first-order valence-electron chi connectivity index (χ1n) is 2.81. The normalized spacial score (nSPS) is 9.00. The summed E-state index contributed by atoms with van der Waals surface area (Å²) in [4.78, 5) is 10.4. The lowest BCUT2D eigenvalue weighted by Crippen LogP contribution is -2.27.